The van der Waals surface area contributed by atoms with Gasteiger partial charge in [-0.05, 0) is 100 Å². The molecule has 1 aliphatic heterocycles. The van der Waals surface area contributed by atoms with Crippen LogP contribution in [0.2, 0.25) is 0 Å². The fourth-order valence-corrected chi connectivity index (χ4v) is 8.90. The molecule has 3 saturated carbocycles. The average Bonchev–Trinajstić information content (AvgIpc) is 3.15. The van der Waals surface area contributed by atoms with Crippen molar-refractivity contribution in [2.75, 3.05) is 13.1 Å². The Morgan fingerprint density at radius 3 is 2.37 bits per heavy atom. The normalized spacial score (nSPS) is 40.3. The highest BCUT2D eigenvalue weighted by molar-refractivity contribution is 8.00. The van der Waals surface area contributed by atoms with Crippen LogP contribution in [0.15, 0.2) is 0 Å². The Kier molecular flexibility index (Phi) is 8.53. The number of thioether (sulfide) groups is 1. The summed E-state index contributed by atoms with van der Waals surface area (Å²) in [6, 6.07) is 1.65. The third-order valence-electron chi connectivity index (χ3n) is 9.13. The lowest BCUT2D eigenvalue weighted by Crippen LogP contribution is -2.37. The molecule has 5 atom stereocenters. The van der Waals surface area contributed by atoms with Gasteiger partial charge in [-0.15, -0.1) is 0 Å². The molecule has 5 unspecified atom stereocenters. The zero-order valence-electron chi connectivity index (χ0n) is 20.3. The Morgan fingerprint density at radius 2 is 1.60 bits per heavy atom. The molecule has 4 aliphatic rings. The summed E-state index contributed by atoms with van der Waals surface area (Å²) in [5.41, 5.74) is 0.513. The van der Waals surface area contributed by atoms with Gasteiger partial charge in [0.1, 0.15) is 0 Å². The Hall–Kier alpha value is 0.270. The third-order valence-corrected chi connectivity index (χ3v) is 11.0. The molecule has 1 saturated heterocycles. The second-order valence-electron chi connectivity index (χ2n) is 12.3. The van der Waals surface area contributed by atoms with Crippen molar-refractivity contribution in [2.45, 2.75) is 133 Å². The lowest BCUT2D eigenvalue weighted by molar-refractivity contribution is 0.182. The molecule has 2 N–H and O–H groups in total. The maximum absolute atomic E-state index is 3.96. The summed E-state index contributed by atoms with van der Waals surface area (Å²) >= 11 is 2.41. The zero-order valence-corrected chi connectivity index (χ0v) is 21.1. The van der Waals surface area contributed by atoms with Crippen LogP contribution < -0.4 is 10.6 Å². The van der Waals surface area contributed by atoms with Gasteiger partial charge >= 0.3 is 0 Å². The van der Waals surface area contributed by atoms with Gasteiger partial charge in [0.05, 0.1) is 0 Å². The minimum Gasteiger partial charge on any atom is -0.316 e. The molecular formula is C27H50N2S. The van der Waals surface area contributed by atoms with Gasteiger partial charge in [0, 0.05) is 22.6 Å². The van der Waals surface area contributed by atoms with E-state index in [4.69, 9.17) is 0 Å². The van der Waals surface area contributed by atoms with Gasteiger partial charge in [0.2, 0.25) is 0 Å². The molecule has 0 amide bonds. The average molecular weight is 435 g/mol. The first-order valence-corrected chi connectivity index (χ1v) is 14.6. The van der Waals surface area contributed by atoms with Gasteiger partial charge < -0.3 is 10.6 Å². The van der Waals surface area contributed by atoms with Crippen LogP contribution in [-0.4, -0.2) is 35.7 Å². The van der Waals surface area contributed by atoms with E-state index in [0.29, 0.717) is 5.41 Å². The molecule has 0 aromatic rings. The quantitative estimate of drug-likeness (QED) is 0.432. The smallest absolute Gasteiger partial charge is 0.00985 e. The van der Waals surface area contributed by atoms with E-state index in [1.165, 1.54) is 103 Å². The maximum atomic E-state index is 3.96. The van der Waals surface area contributed by atoms with E-state index in [1.807, 2.05) is 0 Å². The number of fused-ring (bicyclic) bond motifs is 1. The molecule has 174 valence electrons. The monoisotopic (exact) mass is 434 g/mol. The second kappa shape index (κ2) is 10.9. The lowest BCUT2D eigenvalue weighted by atomic mass is 9.72. The van der Waals surface area contributed by atoms with Crippen LogP contribution in [0.3, 0.4) is 0 Å². The van der Waals surface area contributed by atoms with E-state index in [0.717, 1.165) is 40.3 Å². The van der Waals surface area contributed by atoms with Crippen LogP contribution in [0.5, 0.6) is 0 Å². The fourth-order valence-electron chi connectivity index (χ4n) is 7.11. The summed E-state index contributed by atoms with van der Waals surface area (Å²) in [6.07, 6.45) is 20.4. The number of nitrogens with one attached hydrogen (secondary N) is 2. The number of rotatable bonds is 7. The molecule has 2 nitrogen and oxygen atoms in total. The molecule has 0 aromatic carbocycles. The molecule has 3 heteroatoms. The predicted octanol–water partition coefficient (Wildman–Crippen LogP) is 6.78. The summed E-state index contributed by atoms with van der Waals surface area (Å²) in [6.45, 7) is 9.84. The van der Waals surface area contributed by atoms with Gasteiger partial charge in [-0.1, -0.05) is 46.5 Å². The summed E-state index contributed by atoms with van der Waals surface area (Å²) in [7, 11) is 0. The number of hydrogen-bond donors (Lipinski definition) is 2. The molecule has 0 spiro atoms. The van der Waals surface area contributed by atoms with Crippen molar-refractivity contribution < 1.29 is 0 Å². The minimum absolute atomic E-state index is 0.513. The van der Waals surface area contributed by atoms with Crippen LogP contribution in [0.25, 0.3) is 0 Å². The van der Waals surface area contributed by atoms with E-state index in [2.05, 4.69) is 43.2 Å². The van der Waals surface area contributed by atoms with E-state index in [-0.39, 0.29) is 0 Å². The Labute approximate surface area is 191 Å². The van der Waals surface area contributed by atoms with Crippen molar-refractivity contribution in [3.63, 3.8) is 0 Å². The number of hydrogen-bond acceptors (Lipinski definition) is 3. The first-order chi connectivity index (χ1) is 14.5. The largest absolute Gasteiger partial charge is 0.316 e. The van der Waals surface area contributed by atoms with Gasteiger partial charge in [-0.25, -0.2) is 0 Å². The highest BCUT2D eigenvalue weighted by Gasteiger charge is 2.35. The summed E-state index contributed by atoms with van der Waals surface area (Å²) in [5, 5.41) is 9.74. The Morgan fingerprint density at radius 1 is 0.867 bits per heavy atom. The van der Waals surface area contributed by atoms with Crippen LogP contribution in [0, 0.1) is 23.2 Å². The molecule has 4 rings (SSSR count). The summed E-state index contributed by atoms with van der Waals surface area (Å²) in [4.78, 5) is 0. The van der Waals surface area contributed by atoms with Gasteiger partial charge in [0.15, 0.2) is 0 Å². The van der Waals surface area contributed by atoms with Crippen LogP contribution >= 0.6 is 11.8 Å². The first-order valence-electron chi connectivity index (χ1n) is 13.6. The maximum Gasteiger partial charge on any atom is 0.00985 e. The van der Waals surface area contributed by atoms with Crippen molar-refractivity contribution in [2.24, 2.45) is 23.2 Å². The molecule has 1 heterocycles. The topological polar surface area (TPSA) is 24.1 Å². The molecule has 0 aromatic heterocycles. The zero-order chi connectivity index (χ0) is 21.0. The standard InChI is InChI=1S/C27H50N2S/c1-27(2,3)22-12-14-24(15-13-22)30-26-11-7-5-9-21(26)19-28-17-16-23-18-20-8-4-6-10-25(20)29-23/h20-26,28-29H,4-19H2,1-3H3. The van der Waals surface area contributed by atoms with Crippen molar-refractivity contribution in [1.29, 1.82) is 0 Å². The minimum atomic E-state index is 0.513. The molecule has 30 heavy (non-hydrogen) atoms. The summed E-state index contributed by atoms with van der Waals surface area (Å²) < 4.78 is 0. The van der Waals surface area contributed by atoms with Crippen LogP contribution in [0.1, 0.15) is 111 Å². The van der Waals surface area contributed by atoms with Crippen LogP contribution in [-0.2, 0) is 0 Å². The lowest BCUT2D eigenvalue weighted by Gasteiger charge is -2.39. The summed E-state index contributed by atoms with van der Waals surface area (Å²) in [5.74, 6) is 2.87. The molecular weight excluding hydrogens is 384 g/mol. The molecule has 4 fully saturated rings. The molecule has 0 radical (unpaired) electrons. The molecule has 3 aliphatic carbocycles. The molecule has 0 bridgehead atoms. The van der Waals surface area contributed by atoms with Gasteiger partial charge in [-0.3, -0.25) is 0 Å². The van der Waals surface area contributed by atoms with Crippen LogP contribution in [0.4, 0.5) is 0 Å². The van der Waals surface area contributed by atoms with E-state index in [1.54, 1.807) is 0 Å². The van der Waals surface area contributed by atoms with E-state index < -0.39 is 0 Å². The second-order valence-corrected chi connectivity index (χ2v) is 13.8. The van der Waals surface area contributed by atoms with Crippen molar-refractivity contribution in [1.82, 2.24) is 10.6 Å². The predicted molar refractivity (Wildman–Crippen MR) is 133 cm³/mol. The van der Waals surface area contributed by atoms with Gasteiger partial charge in [0.25, 0.3) is 0 Å². The Balaban J connectivity index is 1.15. The van der Waals surface area contributed by atoms with Crippen molar-refractivity contribution >= 4 is 11.8 Å². The van der Waals surface area contributed by atoms with E-state index in [9.17, 15) is 0 Å². The van der Waals surface area contributed by atoms with Crippen molar-refractivity contribution in [3.8, 4) is 0 Å². The highest BCUT2D eigenvalue weighted by Crippen LogP contribution is 2.44. The first kappa shape index (κ1) is 23.4. The van der Waals surface area contributed by atoms with Crippen molar-refractivity contribution in [3.05, 3.63) is 0 Å². The highest BCUT2D eigenvalue weighted by atomic mass is 32.2. The SMILES string of the molecule is CC(C)(C)C1CCC(SC2CCCCC2CNCCC2CC3CCCCC3N2)CC1. The van der Waals surface area contributed by atoms with E-state index >= 15 is 0 Å². The Bertz CT molecular complexity index is 493. The fraction of sp³-hybridized carbons (Fsp3) is 1.00. The van der Waals surface area contributed by atoms with Gasteiger partial charge in [-0.2, -0.15) is 11.8 Å². The third kappa shape index (κ3) is 6.41.